The predicted molar refractivity (Wildman–Crippen MR) is 95.4 cm³/mol. The largest absolute Gasteiger partial charge is 0.502 e. The summed E-state index contributed by atoms with van der Waals surface area (Å²) in [7, 11) is 4.78. The summed E-state index contributed by atoms with van der Waals surface area (Å²) < 4.78 is 12.2. The summed E-state index contributed by atoms with van der Waals surface area (Å²) in [4.78, 5) is 4.54. The van der Waals surface area contributed by atoms with Crippen LogP contribution in [0.1, 0.15) is 11.4 Å². The van der Waals surface area contributed by atoms with Crippen molar-refractivity contribution >= 4 is 22.7 Å². The summed E-state index contributed by atoms with van der Waals surface area (Å²) >= 11 is 0. The molecule has 126 valence electrons. The zero-order valence-electron chi connectivity index (χ0n) is 14.1. The van der Waals surface area contributed by atoms with E-state index in [-0.39, 0.29) is 17.2 Å². The molecule has 0 saturated heterocycles. The Balaban J connectivity index is 2.15. The fourth-order valence-corrected chi connectivity index (χ4v) is 2.70. The molecule has 0 atom stereocenters. The highest BCUT2D eigenvalue weighted by molar-refractivity contribution is 5.91. The van der Waals surface area contributed by atoms with Crippen molar-refractivity contribution in [2.24, 2.45) is 7.05 Å². The smallest absolute Gasteiger partial charge is 0.200 e. The van der Waals surface area contributed by atoms with Crippen molar-refractivity contribution < 1.29 is 14.6 Å². The quantitative estimate of drug-likeness (QED) is 0.740. The van der Waals surface area contributed by atoms with Crippen molar-refractivity contribution in [3.8, 4) is 23.3 Å². The number of aromatic hydroxyl groups is 1. The summed E-state index contributed by atoms with van der Waals surface area (Å²) in [6.07, 6.45) is 1.69. The first-order chi connectivity index (χ1) is 12.1. The van der Waals surface area contributed by atoms with E-state index in [9.17, 15) is 10.4 Å². The summed E-state index contributed by atoms with van der Waals surface area (Å²) in [6.45, 7) is 0. The maximum absolute atomic E-state index is 10.0. The van der Waals surface area contributed by atoms with Crippen LogP contribution in [0.4, 0.5) is 0 Å². The molecule has 6 heteroatoms. The van der Waals surface area contributed by atoms with Crippen LogP contribution in [-0.4, -0.2) is 28.9 Å². The molecule has 0 unspecified atom stereocenters. The number of ether oxygens (including phenoxy) is 2. The van der Waals surface area contributed by atoms with Crippen LogP contribution in [0.2, 0.25) is 0 Å². The number of nitrogens with zero attached hydrogens (tertiary/aromatic N) is 3. The monoisotopic (exact) mass is 335 g/mol. The number of allylic oxidation sites excluding steroid dienone is 1. The molecule has 0 radical (unpaired) electrons. The molecule has 3 aromatic rings. The van der Waals surface area contributed by atoms with E-state index >= 15 is 0 Å². The fraction of sp³-hybridized carbons (Fsp3) is 0.158. The van der Waals surface area contributed by atoms with Gasteiger partial charge >= 0.3 is 0 Å². The predicted octanol–water partition coefficient (Wildman–Crippen LogP) is 3.36. The molecule has 0 spiro atoms. The Morgan fingerprint density at radius 3 is 2.40 bits per heavy atom. The molecular formula is C19H17N3O3. The molecule has 0 fully saturated rings. The fourth-order valence-electron chi connectivity index (χ4n) is 2.70. The number of phenolic OH excluding ortho intramolecular Hbond substituents is 1. The van der Waals surface area contributed by atoms with E-state index in [0.29, 0.717) is 17.0 Å². The summed E-state index contributed by atoms with van der Waals surface area (Å²) in [5.41, 5.74) is 2.82. The average molecular weight is 335 g/mol. The first-order valence-corrected chi connectivity index (χ1v) is 7.57. The maximum Gasteiger partial charge on any atom is 0.200 e. The molecular weight excluding hydrogens is 318 g/mol. The Morgan fingerprint density at radius 2 is 1.84 bits per heavy atom. The molecule has 1 aromatic heterocycles. The van der Waals surface area contributed by atoms with Crippen LogP contribution in [-0.2, 0) is 7.05 Å². The van der Waals surface area contributed by atoms with Crippen molar-refractivity contribution in [2.45, 2.75) is 0 Å². The SMILES string of the molecule is COc1cc(/C=C(\C#N)c2nc3ccccc3n2C)cc(OC)c1O. The molecule has 0 aliphatic carbocycles. The number of phenols is 1. The van der Waals surface area contributed by atoms with Crippen LogP contribution in [0, 0.1) is 11.3 Å². The van der Waals surface area contributed by atoms with Gasteiger partial charge in [-0.05, 0) is 35.9 Å². The van der Waals surface area contributed by atoms with Gasteiger partial charge in [-0.1, -0.05) is 12.1 Å². The number of benzene rings is 2. The van der Waals surface area contributed by atoms with Crippen molar-refractivity contribution in [3.63, 3.8) is 0 Å². The molecule has 1 heterocycles. The first-order valence-electron chi connectivity index (χ1n) is 7.57. The number of fused-ring (bicyclic) bond motifs is 1. The summed E-state index contributed by atoms with van der Waals surface area (Å²) in [6, 6.07) is 13.2. The van der Waals surface area contributed by atoms with Gasteiger partial charge in [-0.3, -0.25) is 0 Å². The highest BCUT2D eigenvalue weighted by Crippen LogP contribution is 2.38. The highest BCUT2D eigenvalue weighted by atomic mass is 16.5. The zero-order valence-corrected chi connectivity index (χ0v) is 14.1. The summed E-state index contributed by atoms with van der Waals surface area (Å²) in [5.74, 6) is 1.03. The third kappa shape index (κ3) is 2.88. The van der Waals surface area contributed by atoms with Crippen LogP contribution in [0.25, 0.3) is 22.7 Å². The molecule has 25 heavy (non-hydrogen) atoms. The lowest BCUT2D eigenvalue weighted by molar-refractivity contribution is 0.340. The van der Waals surface area contributed by atoms with E-state index in [1.807, 2.05) is 35.9 Å². The Morgan fingerprint density at radius 1 is 1.20 bits per heavy atom. The number of aryl methyl sites for hydroxylation is 1. The molecule has 3 rings (SSSR count). The second-order valence-corrected chi connectivity index (χ2v) is 5.43. The Labute approximate surface area is 145 Å². The van der Waals surface area contributed by atoms with Crippen molar-refractivity contribution in [3.05, 3.63) is 47.8 Å². The number of hydrogen-bond donors (Lipinski definition) is 1. The minimum Gasteiger partial charge on any atom is -0.502 e. The molecule has 0 amide bonds. The second kappa shape index (κ2) is 6.57. The third-order valence-electron chi connectivity index (χ3n) is 3.96. The Kier molecular flexibility index (Phi) is 4.31. The molecule has 0 saturated carbocycles. The van der Waals surface area contributed by atoms with E-state index in [4.69, 9.17) is 9.47 Å². The van der Waals surface area contributed by atoms with Crippen molar-refractivity contribution in [1.29, 1.82) is 5.26 Å². The van der Waals surface area contributed by atoms with Gasteiger partial charge in [0.05, 0.1) is 30.8 Å². The number of methoxy groups -OCH3 is 2. The molecule has 0 aliphatic heterocycles. The molecule has 1 N–H and O–H groups in total. The number of imidazole rings is 1. The van der Waals surface area contributed by atoms with Gasteiger partial charge in [0.2, 0.25) is 5.75 Å². The molecule has 2 aromatic carbocycles. The van der Waals surface area contributed by atoms with Gasteiger partial charge < -0.3 is 19.1 Å². The van der Waals surface area contributed by atoms with Crippen LogP contribution >= 0.6 is 0 Å². The van der Waals surface area contributed by atoms with Crippen molar-refractivity contribution in [1.82, 2.24) is 9.55 Å². The first kappa shape index (κ1) is 16.4. The second-order valence-electron chi connectivity index (χ2n) is 5.43. The molecule has 0 aliphatic rings. The minimum absolute atomic E-state index is 0.0802. The lowest BCUT2D eigenvalue weighted by Gasteiger charge is -2.10. The minimum atomic E-state index is -0.0802. The van der Waals surface area contributed by atoms with Gasteiger partial charge in [0.25, 0.3) is 0 Å². The zero-order chi connectivity index (χ0) is 18.0. The number of hydrogen-bond acceptors (Lipinski definition) is 5. The van der Waals surface area contributed by atoms with Crippen LogP contribution in [0.5, 0.6) is 17.2 Å². The van der Waals surface area contributed by atoms with Gasteiger partial charge in [0, 0.05) is 7.05 Å². The topological polar surface area (TPSA) is 80.3 Å². The van der Waals surface area contributed by atoms with Crippen LogP contribution in [0.3, 0.4) is 0 Å². The number of nitriles is 1. The van der Waals surface area contributed by atoms with E-state index < -0.39 is 0 Å². The molecule has 6 nitrogen and oxygen atoms in total. The van der Waals surface area contributed by atoms with E-state index in [2.05, 4.69) is 11.1 Å². The normalized spacial score (nSPS) is 11.4. The Hall–Kier alpha value is -3.46. The number of para-hydroxylation sites is 2. The van der Waals surface area contributed by atoms with E-state index in [1.165, 1.54) is 14.2 Å². The van der Waals surface area contributed by atoms with Gasteiger partial charge in [-0.15, -0.1) is 0 Å². The standard InChI is InChI=1S/C19H17N3O3/c1-22-15-7-5-4-6-14(15)21-19(22)13(11-20)8-12-9-16(24-2)18(23)17(10-12)25-3/h4-10,23H,1-3H3/b13-8+. The molecule has 0 bridgehead atoms. The van der Waals surface area contributed by atoms with Gasteiger partial charge in [-0.2, -0.15) is 5.26 Å². The lowest BCUT2D eigenvalue weighted by atomic mass is 10.1. The summed E-state index contributed by atoms with van der Waals surface area (Å²) in [5, 5.41) is 19.6. The average Bonchev–Trinajstić information content (AvgIpc) is 2.97. The third-order valence-corrected chi connectivity index (χ3v) is 3.96. The maximum atomic E-state index is 10.0. The van der Waals surface area contributed by atoms with E-state index in [1.54, 1.807) is 18.2 Å². The lowest BCUT2D eigenvalue weighted by Crippen LogP contribution is -1.96. The van der Waals surface area contributed by atoms with Gasteiger partial charge in [-0.25, -0.2) is 4.98 Å². The number of aromatic nitrogens is 2. The highest BCUT2D eigenvalue weighted by Gasteiger charge is 2.14. The van der Waals surface area contributed by atoms with Crippen LogP contribution in [0.15, 0.2) is 36.4 Å². The van der Waals surface area contributed by atoms with Gasteiger partial charge in [0.15, 0.2) is 17.3 Å². The Bertz CT molecular complexity index is 987. The van der Waals surface area contributed by atoms with Gasteiger partial charge in [0.1, 0.15) is 6.07 Å². The van der Waals surface area contributed by atoms with Crippen molar-refractivity contribution in [2.75, 3.05) is 14.2 Å². The number of rotatable bonds is 4. The van der Waals surface area contributed by atoms with Crippen LogP contribution < -0.4 is 9.47 Å². The van der Waals surface area contributed by atoms with E-state index in [0.717, 1.165) is 11.0 Å².